The number of amides is 1. The van der Waals surface area contributed by atoms with Crippen molar-refractivity contribution < 1.29 is 9.21 Å². The zero-order chi connectivity index (χ0) is 23.8. The Hall–Kier alpha value is -2.91. The number of nitrogens with one attached hydrogen (secondary N) is 1. The quantitative estimate of drug-likeness (QED) is 0.285. The second kappa shape index (κ2) is 9.38. The third-order valence-corrected chi connectivity index (χ3v) is 8.63. The summed E-state index contributed by atoms with van der Waals surface area (Å²) in [5.74, 6) is 2.04. The number of hydrogen-bond donors (Lipinski definition) is 1. The predicted molar refractivity (Wildman–Crippen MR) is 136 cm³/mol. The van der Waals surface area contributed by atoms with Crippen LogP contribution in [0.25, 0.3) is 21.7 Å². The summed E-state index contributed by atoms with van der Waals surface area (Å²) < 4.78 is 7.40. The van der Waals surface area contributed by atoms with Gasteiger partial charge in [0.15, 0.2) is 11.0 Å². The molecule has 3 aromatic heterocycles. The van der Waals surface area contributed by atoms with Crippen molar-refractivity contribution in [3.63, 3.8) is 0 Å². The summed E-state index contributed by atoms with van der Waals surface area (Å²) >= 11 is 3.37. The summed E-state index contributed by atoms with van der Waals surface area (Å²) in [7, 11) is 1.99. The maximum absolute atomic E-state index is 12.2. The van der Waals surface area contributed by atoms with Gasteiger partial charge >= 0.3 is 5.63 Å². The highest BCUT2D eigenvalue weighted by molar-refractivity contribution is 7.98. The first kappa shape index (κ1) is 22.9. The molecule has 34 heavy (non-hydrogen) atoms. The number of benzene rings is 1. The summed E-state index contributed by atoms with van der Waals surface area (Å²) in [6.07, 6.45) is 4.82. The average molecular weight is 495 g/mol. The van der Waals surface area contributed by atoms with Gasteiger partial charge in [0.05, 0.1) is 4.88 Å². The summed E-state index contributed by atoms with van der Waals surface area (Å²) in [4.78, 5) is 26.1. The zero-order valence-corrected chi connectivity index (χ0v) is 21.0. The van der Waals surface area contributed by atoms with E-state index in [0.717, 1.165) is 40.7 Å². The smallest absolute Gasteiger partial charge is 0.336 e. The Morgan fingerprint density at radius 1 is 1.29 bits per heavy atom. The van der Waals surface area contributed by atoms with E-state index >= 15 is 0 Å². The molecule has 1 aliphatic carbocycles. The third-order valence-electron chi connectivity index (χ3n) is 6.32. The summed E-state index contributed by atoms with van der Waals surface area (Å²) in [5.41, 5.74) is 2.94. The molecule has 1 aromatic carbocycles. The first-order valence-corrected chi connectivity index (χ1v) is 13.2. The largest absolute Gasteiger partial charge is 0.423 e. The van der Waals surface area contributed by atoms with Crippen molar-refractivity contribution in [2.75, 3.05) is 5.32 Å². The number of rotatable bonds is 6. The highest BCUT2D eigenvalue weighted by Gasteiger charge is 2.22. The molecule has 9 heteroatoms. The van der Waals surface area contributed by atoms with Crippen LogP contribution in [0.2, 0.25) is 0 Å². The maximum Gasteiger partial charge on any atom is 0.336 e. The van der Waals surface area contributed by atoms with Gasteiger partial charge < -0.3 is 14.3 Å². The normalized spacial score (nSPS) is 15.4. The minimum atomic E-state index is -0.420. The highest BCUT2D eigenvalue weighted by Crippen LogP contribution is 2.38. The number of aryl methyl sites for hydroxylation is 1. The molecule has 4 aromatic rings. The molecule has 0 radical (unpaired) electrons. The Morgan fingerprint density at radius 2 is 2.15 bits per heavy atom. The van der Waals surface area contributed by atoms with Gasteiger partial charge in [0, 0.05) is 47.8 Å². The number of carbonyl (C=O) groups is 1. The van der Waals surface area contributed by atoms with Gasteiger partial charge in [-0.15, -0.1) is 21.5 Å². The Balaban J connectivity index is 1.37. The topological polar surface area (TPSA) is 90.0 Å². The molecular formula is C25H26N4O3S2. The van der Waals surface area contributed by atoms with Crippen LogP contribution in [0, 0.1) is 5.92 Å². The molecule has 5 rings (SSSR count). The number of aromatic nitrogens is 3. The molecule has 1 atom stereocenters. The predicted octanol–water partition coefficient (Wildman–Crippen LogP) is 5.42. The Bertz CT molecular complexity index is 1440. The Morgan fingerprint density at radius 3 is 2.94 bits per heavy atom. The molecule has 1 aliphatic rings. The van der Waals surface area contributed by atoms with Crippen molar-refractivity contribution in [2.24, 2.45) is 13.0 Å². The van der Waals surface area contributed by atoms with Crippen LogP contribution in [0.15, 0.2) is 44.7 Å². The van der Waals surface area contributed by atoms with E-state index in [2.05, 4.69) is 28.5 Å². The number of anilines is 1. The SMILES string of the molecule is CCC1CCc2sc(-c3nnc(SCc4cc(=O)oc5cc(NC(C)=O)ccc45)n3C)cc2C1. The van der Waals surface area contributed by atoms with E-state index in [9.17, 15) is 9.59 Å². The Kier molecular flexibility index (Phi) is 6.31. The van der Waals surface area contributed by atoms with Gasteiger partial charge in [-0.05, 0) is 54.5 Å². The number of nitrogens with zero attached hydrogens (tertiary/aromatic N) is 3. The number of fused-ring (bicyclic) bond motifs is 2. The molecule has 1 amide bonds. The molecule has 3 heterocycles. The second-order valence-corrected chi connectivity index (χ2v) is 10.8. The first-order chi connectivity index (χ1) is 16.4. The van der Waals surface area contributed by atoms with Crippen LogP contribution in [-0.4, -0.2) is 20.7 Å². The summed E-state index contributed by atoms with van der Waals surface area (Å²) in [5, 5.41) is 13.3. The zero-order valence-electron chi connectivity index (χ0n) is 19.4. The van der Waals surface area contributed by atoms with E-state index in [0.29, 0.717) is 17.0 Å². The van der Waals surface area contributed by atoms with E-state index in [1.807, 2.05) is 29.0 Å². The lowest BCUT2D eigenvalue weighted by Gasteiger charge is -2.19. The van der Waals surface area contributed by atoms with Gasteiger partial charge in [-0.2, -0.15) is 0 Å². The molecule has 0 aliphatic heterocycles. The molecular weight excluding hydrogens is 468 g/mol. The van der Waals surface area contributed by atoms with Gasteiger partial charge in [0.25, 0.3) is 0 Å². The van der Waals surface area contributed by atoms with Crippen molar-refractivity contribution in [1.29, 1.82) is 0 Å². The van der Waals surface area contributed by atoms with Crippen LogP contribution in [0.5, 0.6) is 0 Å². The lowest BCUT2D eigenvalue weighted by Crippen LogP contribution is -2.10. The average Bonchev–Trinajstić information content (AvgIpc) is 3.38. The molecule has 1 unspecified atom stereocenters. The molecule has 7 nitrogen and oxygen atoms in total. The van der Waals surface area contributed by atoms with Crippen molar-refractivity contribution in [3.8, 4) is 10.7 Å². The van der Waals surface area contributed by atoms with Crippen LogP contribution >= 0.6 is 23.1 Å². The molecule has 0 saturated carbocycles. The van der Waals surface area contributed by atoms with E-state index in [4.69, 9.17) is 4.42 Å². The van der Waals surface area contributed by atoms with Gasteiger partial charge in [0.2, 0.25) is 5.91 Å². The van der Waals surface area contributed by atoms with Gasteiger partial charge in [-0.3, -0.25) is 4.79 Å². The molecule has 0 saturated heterocycles. The number of thiophene rings is 1. The lowest BCUT2D eigenvalue weighted by atomic mass is 9.87. The van der Waals surface area contributed by atoms with Crippen LogP contribution in [0.4, 0.5) is 5.69 Å². The van der Waals surface area contributed by atoms with Crippen molar-refractivity contribution in [3.05, 3.63) is 56.8 Å². The monoisotopic (exact) mass is 494 g/mol. The second-order valence-electron chi connectivity index (χ2n) is 8.71. The molecule has 0 spiro atoms. The minimum Gasteiger partial charge on any atom is -0.423 e. The molecule has 0 bridgehead atoms. The van der Waals surface area contributed by atoms with E-state index in [1.165, 1.54) is 52.9 Å². The minimum absolute atomic E-state index is 0.178. The number of carbonyl (C=O) groups excluding carboxylic acids is 1. The highest BCUT2D eigenvalue weighted by atomic mass is 32.2. The number of thioether (sulfide) groups is 1. The van der Waals surface area contributed by atoms with Gasteiger partial charge in [-0.25, -0.2) is 4.79 Å². The van der Waals surface area contributed by atoms with E-state index in [1.54, 1.807) is 12.1 Å². The first-order valence-electron chi connectivity index (χ1n) is 11.4. The van der Waals surface area contributed by atoms with Crippen molar-refractivity contribution in [1.82, 2.24) is 14.8 Å². The summed E-state index contributed by atoms with van der Waals surface area (Å²) in [6, 6.07) is 9.15. The fourth-order valence-electron chi connectivity index (χ4n) is 4.49. The molecule has 176 valence electrons. The van der Waals surface area contributed by atoms with E-state index in [-0.39, 0.29) is 5.91 Å². The fourth-order valence-corrected chi connectivity index (χ4v) is 6.62. The van der Waals surface area contributed by atoms with Crippen molar-refractivity contribution >= 4 is 45.7 Å². The Labute approximate surface area is 205 Å². The molecule has 0 fully saturated rings. The van der Waals surface area contributed by atoms with Crippen LogP contribution in [-0.2, 0) is 30.4 Å². The van der Waals surface area contributed by atoms with Crippen LogP contribution in [0.3, 0.4) is 0 Å². The summed E-state index contributed by atoms with van der Waals surface area (Å²) in [6.45, 7) is 3.72. The van der Waals surface area contributed by atoms with Crippen LogP contribution < -0.4 is 10.9 Å². The fraction of sp³-hybridized carbons (Fsp3) is 0.360. The van der Waals surface area contributed by atoms with E-state index < -0.39 is 5.63 Å². The number of hydrogen-bond acceptors (Lipinski definition) is 7. The third kappa shape index (κ3) is 4.54. The standard InChI is InChI=1S/C25H26N4O3S2/c1-4-15-5-8-21-16(9-15)10-22(34-21)24-27-28-25(29(24)3)33-13-17-11-23(31)32-20-12-18(26-14(2)30)6-7-19(17)20/h6-7,10-12,15H,4-5,8-9,13H2,1-3H3,(H,26,30). The van der Waals surface area contributed by atoms with Gasteiger partial charge in [-0.1, -0.05) is 25.1 Å². The van der Waals surface area contributed by atoms with Crippen LogP contribution in [0.1, 0.15) is 42.7 Å². The maximum atomic E-state index is 12.2. The van der Waals surface area contributed by atoms with Crippen molar-refractivity contribution in [2.45, 2.75) is 50.4 Å². The molecule has 1 N–H and O–H groups in total. The lowest BCUT2D eigenvalue weighted by molar-refractivity contribution is -0.114. The van der Waals surface area contributed by atoms with Gasteiger partial charge in [0.1, 0.15) is 5.58 Å².